The molecular formula is C20H14BrClN4O. The first kappa shape index (κ1) is 17.8. The van der Waals surface area contributed by atoms with Crippen LogP contribution in [0.1, 0.15) is 16.8 Å². The third-order valence-electron chi connectivity index (χ3n) is 4.39. The van der Waals surface area contributed by atoms with Gasteiger partial charge in [0, 0.05) is 15.1 Å². The van der Waals surface area contributed by atoms with Crippen molar-refractivity contribution in [1.82, 2.24) is 9.78 Å². The monoisotopic (exact) mass is 440 g/mol. The molecule has 1 aliphatic rings. The summed E-state index contributed by atoms with van der Waals surface area (Å²) in [6, 6.07) is 17.2. The van der Waals surface area contributed by atoms with Crippen molar-refractivity contribution in [3.05, 3.63) is 80.4 Å². The fourth-order valence-electron chi connectivity index (χ4n) is 3.15. The van der Waals surface area contributed by atoms with E-state index in [-0.39, 0.29) is 0 Å². The second-order valence-electron chi connectivity index (χ2n) is 6.10. The first-order valence-electron chi connectivity index (χ1n) is 8.18. The van der Waals surface area contributed by atoms with Crippen LogP contribution in [-0.2, 0) is 0 Å². The lowest BCUT2D eigenvalue weighted by Crippen LogP contribution is -2.33. The Morgan fingerprint density at radius 2 is 1.85 bits per heavy atom. The quantitative estimate of drug-likeness (QED) is 0.630. The molecule has 134 valence electrons. The predicted molar refractivity (Wildman–Crippen MR) is 108 cm³/mol. The molecule has 1 atom stereocenters. The summed E-state index contributed by atoms with van der Waals surface area (Å²) in [7, 11) is 0. The number of ether oxygens (including phenoxy) is 1. The van der Waals surface area contributed by atoms with Gasteiger partial charge in [0.2, 0.25) is 5.88 Å². The average molecular weight is 442 g/mol. The number of halogens is 2. The van der Waals surface area contributed by atoms with Crippen molar-refractivity contribution in [2.75, 3.05) is 0 Å². The van der Waals surface area contributed by atoms with Gasteiger partial charge < -0.3 is 4.74 Å². The Hall–Kier alpha value is -2.59. The van der Waals surface area contributed by atoms with Gasteiger partial charge in [-0.15, -0.1) is 0 Å². The molecule has 0 saturated carbocycles. The lowest BCUT2D eigenvalue weighted by Gasteiger charge is -2.24. The number of nitrogens with two attached hydrogens (primary N) is 1. The van der Waals surface area contributed by atoms with E-state index in [0.29, 0.717) is 16.5 Å². The van der Waals surface area contributed by atoms with E-state index < -0.39 is 6.23 Å². The zero-order valence-corrected chi connectivity index (χ0v) is 16.6. The van der Waals surface area contributed by atoms with Gasteiger partial charge in [-0.1, -0.05) is 39.7 Å². The normalized spacial score (nSPS) is 15.9. The Morgan fingerprint density at radius 3 is 2.48 bits per heavy atom. The summed E-state index contributed by atoms with van der Waals surface area (Å²) in [6.45, 7) is 1.89. The Morgan fingerprint density at radius 1 is 1.19 bits per heavy atom. The molecule has 0 amide bonds. The number of aryl methyl sites for hydroxylation is 1. The van der Waals surface area contributed by atoms with Crippen molar-refractivity contribution in [3.63, 3.8) is 0 Å². The molecule has 0 saturated heterocycles. The molecule has 5 nitrogen and oxygen atoms in total. The summed E-state index contributed by atoms with van der Waals surface area (Å²) in [4.78, 5) is 0. The molecule has 3 aromatic rings. The fourth-order valence-corrected chi connectivity index (χ4v) is 3.54. The van der Waals surface area contributed by atoms with E-state index in [1.165, 1.54) is 0 Å². The largest absolute Gasteiger partial charge is 0.453 e. The molecular weight excluding hydrogens is 428 g/mol. The number of fused-ring (bicyclic) bond motifs is 1. The van der Waals surface area contributed by atoms with E-state index in [4.69, 9.17) is 22.1 Å². The topological polar surface area (TPSA) is 76.9 Å². The molecule has 1 aromatic heterocycles. The molecule has 0 radical (unpaired) electrons. The second-order valence-corrected chi connectivity index (χ2v) is 7.45. The van der Waals surface area contributed by atoms with E-state index in [9.17, 15) is 5.26 Å². The highest BCUT2D eigenvalue weighted by molar-refractivity contribution is 9.10. The summed E-state index contributed by atoms with van der Waals surface area (Å²) < 4.78 is 8.55. The number of nitrogens with zero attached hydrogens (tertiary/aromatic N) is 3. The molecule has 4 rings (SSSR count). The molecule has 2 aromatic carbocycles. The Balaban J connectivity index is 1.97. The van der Waals surface area contributed by atoms with E-state index in [1.807, 2.05) is 43.3 Å². The van der Waals surface area contributed by atoms with Gasteiger partial charge in [-0.25, -0.2) is 4.68 Å². The number of aromatic nitrogens is 2. The number of rotatable bonds is 2. The summed E-state index contributed by atoms with van der Waals surface area (Å²) >= 11 is 9.44. The first-order valence-corrected chi connectivity index (χ1v) is 9.35. The van der Waals surface area contributed by atoms with Crippen LogP contribution in [0.5, 0.6) is 5.88 Å². The van der Waals surface area contributed by atoms with Crippen molar-refractivity contribution < 1.29 is 4.74 Å². The molecule has 2 N–H and O–H groups in total. The molecule has 7 heteroatoms. The van der Waals surface area contributed by atoms with Gasteiger partial charge in [-0.05, 0) is 48.9 Å². The van der Waals surface area contributed by atoms with Crippen LogP contribution in [0.2, 0.25) is 5.02 Å². The summed E-state index contributed by atoms with van der Waals surface area (Å²) in [5, 5.41) is 15.0. The Bertz CT molecular complexity index is 1090. The van der Waals surface area contributed by atoms with Crippen molar-refractivity contribution >= 4 is 33.1 Å². The Labute approximate surface area is 169 Å². The van der Waals surface area contributed by atoms with E-state index in [2.05, 4.69) is 27.1 Å². The molecule has 27 heavy (non-hydrogen) atoms. The minimum absolute atomic E-state index is 0.378. The number of nitriles is 1. The number of hydrogen-bond acceptors (Lipinski definition) is 4. The van der Waals surface area contributed by atoms with Gasteiger partial charge >= 0.3 is 0 Å². The SMILES string of the molecule is Cc1nn(-c2ccc(Cl)cc2)c2c1C(c1ccc(Br)cc1)=C(C#N)C(N)O2. The van der Waals surface area contributed by atoms with Crippen LogP contribution in [0.25, 0.3) is 11.3 Å². The number of benzene rings is 2. The van der Waals surface area contributed by atoms with Crippen LogP contribution in [0.15, 0.2) is 58.6 Å². The minimum Gasteiger partial charge on any atom is -0.453 e. The molecule has 2 heterocycles. The summed E-state index contributed by atoms with van der Waals surface area (Å²) in [5.41, 5.74) is 10.5. The average Bonchev–Trinajstić information content (AvgIpc) is 2.98. The maximum atomic E-state index is 9.70. The van der Waals surface area contributed by atoms with Crippen LogP contribution in [0, 0.1) is 18.3 Å². The van der Waals surface area contributed by atoms with Crippen molar-refractivity contribution in [3.8, 4) is 17.6 Å². The molecule has 0 fully saturated rings. The minimum atomic E-state index is -0.872. The zero-order valence-electron chi connectivity index (χ0n) is 14.3. The van der Waals surface area contributed by atoms with Gasteiger partial charge in [0.05, 0.1) is 22.5 Å². The zero-order chi connectivity index (χ0) is 19.1. The van der Waals surface area contributed by atoms with Crippen LogP contribution in [0.3, 0.4) is 0 Å². The van der Waals surface area contributed by atoms with E-state index >= 15 is 0 Å². The van der Waals surface area contributed by atoms with Crippen LogP contribution < -0.4 is 10.5 Å². The summed E-state index contributed by atoms with van der Waals surface area (Å²) in [6.07, 6.45) is -0.872. The molecule has 1 unspecified atom stereocenters. The fraction of sp³-hybridized carbons (Fsp3) is 0.100. The highest BCUT2D eigenvalue weighted by atomic mass is 79.9. The van der Waals surface area contributed by atoms with Gasteiger partial charge in [0.15, 0.2) is 6.23 Å². The van der Waals surface area contributed by atoms with Gasteiger partial charge in [-0.3, -0.25) is 5.73 Å². The van der Waals surface area contributed by atoms with Crippen LogP contribution in [0.4, 0.5) is 0 Å². The van der Waals surface area contributed by atoms with Crippen molar-refractivity contribution in [1.29, 1.82) is 5.26 Å². The molecule has 0 aliphatic carbocycles. The third-order valence-corrected chi connectivity index (χ3v) is 5.17. The lowest BCUT2D eigenvalue weighted by molar-refractivity contribution is 0.228. The first-order chi connectivity index (χ1) is 13.0. The Kier molecular flexibility index (Phi) is 4.52. The van der Waals surface area contributed by atoms with Crippen molar-refractivity contribution in [2.45, 2.75) is 13.2 Å². The molecule has 0 spiro atoms. The van der Waals surface area contributed by atoms with Gasteiger partial charge in [0.1, 0.15) is 6.07 Å². The second kappa shape index (κ2) is 6.86. The predicted octanol–water partition coefficient (Wildman–Crippen LogP) is 4.60. The lowest BCUT2D eigenvalue weighted by atomic mass is 9.91. The van der Waals surface area contributed by atoms with Gasteiger partial charge in [0.25, 0.3) is 0 Å². The highest BCUT2D eigenvalue weighted by Crippen LogP contribution is 2.42. The highest BCUT2D eigenvalue weighted by Gasteiger charge is 2.33. The standard InChI is InChI=1S/C20H14BrClN4O/c1-11-17-18(12-2-4-13(21)5-3-12)16(10-23)19(24)27-20(17)26(25-11)15-8-6-14(22)7-9-15/h2-9,19H,24H2,1H3. The summed E-state index contributed by atoms with van der Waals surface area (Å²) in [5.74, 6) is 0.513. The smallest absolute Gasteiger partial charge is 0.226 e. The van der Waals surface area contributed by atoms with Crippen molar-refractivity contribution in [2.24, 2.45) is 5.73 Å². The maximum Gasteiger partial charge on any atom is 0.226 e. The van der Waals surface area contributed by atoms with Crippen LogP contribution >= 0.6 is 27.5 Å². The third kappa shape index (κ3) is 3.04. The molecule has 1 aliphatic heterocycles. The van der Waals surface area contributed by atoms with Crippen LogP contribution in [-0.4, -0.2) is 16.0 Å². The van der Waals surface area contributed by atoms with Gasteiger partial charge in [-0.2, -0.15) is 10.4 Å². The maximum absolute atomic E-state index is 9.70. The number of hydrogen-bond donors (Lipinski definition) is 1. The van der Waals surface area contributed by atoms with E-state index in [1.54, 1.807) is 16.8 Å². The van der Waals surface area contributed by atoms with E-state index in [0.717, 1.165) is 32.6 Å². The molecule has 0 bridgehead atoms.